The minimum Gasteiger partial charge on any atom is -0.382 e. The van der Waals surface area contributed by atoms with Crippen LogP contribution in [0, 0.1) is 0 Å². The lowest BCUT2D eigenvalue weighted by Gasteiger charge is -2.06. The zero-order chi connectivity index (χ0) is 14.7. The summed E-state index contributed by atoms with van der Waals surface area (Å²) in [5.41, 5.74) is 0. The second-order valence-electron chi connectivity index (χ2n) is 5.54. The molecule has 0 aliphatic heterocycles. The van der Waals surface area contributed by atoms with E-state index < -0.39 is 0 Å². The van der Waals surface area contributed by atoms with Crippen LogP contribution in [0.1, 0.15) is 71.1 Å². The molecule has 0 spiro atoms. The highest BCUT2D eigenvalue weighted by molar-refractivity contribution is 4.50. The largest absolute Gasteiger partial charge is 0.382 e. The molecule has 0 heterocycles. The maximum Gasteiger partial charge on any atom is 0.0700 e. The molecule has 0 saturated heterocycles. The Bertz CT molecular complexity index is 147. The lowest BCUT2D eigenvalue weighted by Crippen LogP contribution is -2.21. The predicted octanol–water partition coefficient (Wildman–Crippen LogP) is 4.16. The van der Waals surface area contributed by atoms with Gasteiger partial charge in [0.2, 0.25) is 0 Å². The highest BCUT2D eigenvalue weighted by Crippen LogP contribution is 2.10. The molecule has 0 fully saturated rings. The van der Waals surface area contributed by atoms with Crippen LogP contribution >= 0.6 is 0 Å². The van der Waals surface area contributed by atoms with E-state index in [0.717, 1.165) is 19.7 Å². The van der Waals surface area contributed by atoms with E-state index in [4.69, 9.17) is 9.47 Å². The van der Waals surface area contributed by atoms with Crippen LogP contribution in [0.15, 0.2) is 0 Å². The Labute approximate surface area is 126 Å². The van der Waals surface area contributed by atoms with Gasteiger partial charge in [-0.15, -0.1) is 0 Å². The van der Waals surface area contributed by atoms with Gasteiger partial charge in [0.1, 0.15) is 0 Å². The summed E-state index contributed by atoms with van der Waals surface area (Å²) in [5, 5.41) is 3.42. The first-order chi connectivity index (χ1) is 9.91. The van der Waals surface area contributed by atoms with Gasteiger partial charge in [-0.25, -0.2) is 0 Å². The zero-order valence-corrected chi connectivity index (χ0v) is 13.9. The maximum atomic E-state index is 5.39. The standard InChI is InChI=1S/C17H37NO2/c1-3-4-5-6-7-8-9-10-11-12-13-18-14-15-20-17-16-19-2/h18H,3-17H2,1-2H3. The number of hydrogen-bond donors (Lipinski definition) is 1. The fourth-order valence-electron chi connectivity index (χ4n) is 2.25. The predicted molar refractivity (Wildman–Crippen MR) is 87.4 cm³/mol. The summed E-state index contributed by atoms with van der Waals surface area (Å²) in [7, 11) is 1.70. The Morgan fingerprint density at radius 2 is 1.25 bits per heavy atom. The minimum absolute atomic E-state index is 0.693. The van der Waals surface area contributed by atoms with Gasteiger partial charge in [0.25, 0.3) is 0 Å². The van der Waals surface area contributed by atoms with E-state index in [1.54, 1.807) is 7.11 Å². The minimum atomic E-state index is 0.693. The lowest BCUT2D eigenvalue weighted by atomic mass is 10.1. The van der Waals surface area contributed by atoms with Gasteiger partial charge < -0.3 is 14.8 Å². The number of nitrogens with one attached hydrogen (secondary N) is 1. The molecule has 0 saturated carbocycles. The fourth-order valence-corrected chi connectivity index (χ4v) is 2.25. The third-order valence-corrected chi connectivity index (χ3v) is 3.56. The molecule has 0 aliphatic rings. The van der Waals surface area contributed by atoms with Gasteiger partial charge in [0, 0.05) is 13.7 Å². The summed E-state index contributed by atoms with van der Waals surface area (Å²) in [4.78, 5) is 0. The molecule has 0 rings (SSSR count). The molecule has 0 aromatic heterocycles. The molecule has 0 atom stereocenters. The van der Waals surface area contributed by atoms with Gasteiger partial charge in [-0.2, -0.15) is 0 Å². The molecule has 20 heavy (non-hydrogen) atoms. The van der Waals surface area contributed by atoms with E-state index in [0.29, 0.717) is 13.2 Å². The first-order valence-electron chi connectivity index (χ1n) is 8.69. The highest BCUT2D eigenvalue weighted by atomic mass is 16.5. The van der Waals surface area contributed by atoms with Crippen molar-refractivity contribution in [3.63, 3.8) is 0 Å². The van der Waals surface area contributed by atoms with E-state index in [2.05, 4.69) is 12.2 Å². The van der Waals surface area contributed by atoms with Gasteiger partial charge >= 0.3 is 0 Å². The van der Waals surface area contributed by atoms with E-state index >= 15 is 0 Å². The van der Waals surface area contributed by atoms with Gasteiger partial charge in [-0.05, 0) is 13.0 Å². The summed E-state index contributed by atoms with van der Waals surface area (Å²) in [6, 6.07) is 0. The third kappa shape index (κ3) is 17.9. The fraction of sp³-hybridized carbons (Fsp3) is 1.00. The summed E-state index contributed by atoms with van der Waals surface area (Å²) in [5.74, 6) is 0. The van der Waals surface area contributed by atoms with Crippen LogP contribution in [0.2, 0.25) is 0 Å². The van der Waals surface area contributed by atoms with E-state index in [1.807, 2.05) is 0 Å². The van der Waals surface area contributed by atoms with E-state index in [1.165, 1.54) is 64.2 Å². The van der Waals surface area contributed by atoms with Gasteiger partial charge in [0.15, 0.2) is 0 Å². The SMILES string of the molecule is CCCCCCCCCCCCNCCOCCOC. The van der Waals surface area contributed by atoms with Crippen LogP contribution < -0.4 is 5.32 Å². The number of hydrogen-bond acceptors (Lipinski definition) is 3. The summed E-state index contributed by atoms with van der Waals surface area (Å²) in [6.45, 7) is 6.56. The third-order valence-electron chi connectivity index (χ3n) is 3.56. The molecule has 1 N–H and O–H groups in total. The molecule has 3 heteroatoms. The molecule has 3 nitrogen and oxygen atoms in total. The second kappa shape index (κ2) is 18.9. The molecule has 0 amide bonds. The first kappa shape index (κ1) is 19.9. The Hall–Kier alpha value is -0.120. The van der Waals surface area contributed by atoms with Crippen LogP contribution in [-0.2, 0) is 9.47 Å². The van der Waals surface area contributed by atoms with Crippen molar-refractivity contribution < 1.29 is 9.47 Å². The quantitative estimate of drug-likeness (QED) is 0.407. The normalized spacial score (nSPS) is 11.1. The van der Waals surface area contributed by atoms with Crippen molar-refractivity contribution in [2.75, 3.05) is 40.0 Å². The molecule has 0 aromatic rings. The Morgan fingerprint density at radius 3 is 1.85 bits per heavy atom. The Balaban J connectivity index is 2.89. The van der Waals surface area contributed by atoms with E-state index in [-0.39, 0.29) is 0 Å². The van der Waals surface area contributed by atoms with Crippen LogP contribution in [0.5, 0.6) is 0 Å². The molecule has 122 valence electrons. The molecule has 0 radical (unpaired) electrons. The molecular formula is C17H37NO2. The van der Waals surface area contributed by atoms with Crippen molar-refractivity contribution in [3.05, 3.63) is 0 Å². The molecular weight excluding hydrogens is 250 g/mol. The van der Waals surface area contributed by atoms with Crippen molar-refractivity contribution in [1.29, 1.82) is 0 Å². The number of ether oxygens (including phenoxy) is 2. The number of unbranched alkanes of at least 4 members (excludes halogenated alkanes) is 9. The van der Waals surface area contributed by atoms with Crippen molar-refractivity contribution in [3.8, 4) is 0 Å². The van der Waals surface area contributed by atoms with Crippen molar-refractivity contribution in [1.82, 2.24) is 5.32 Å². The summed E-state index contributed by atoms with van der Waals surface area (Å²) in [6.07, 6.45) is 14.0. The highest BCUT2D eigenvalue weighted by Gasteiger charge is 1.93. The molecule has 0 bridgehead atoms. The molecule has 0 aromatic carbocycles. The first-order valence-corrected chi connectivity index (χ1v) is 8.69. The van der Waals surface area contributed by atoms with Crippen LogP contribution in [0.25, 0.3) is 0 Å². The Kier molecular flexibility index (Phi) is 18.8. The average Bonchev–Trinajstić information content (AvgIpc) is 2.47. The summed E-state index contributed by atoms with van der Waals surface area (Å²) >= 11 is 0. The van der Waals surface area contributed by atoms with Crippen LogP contribution in [-0.4, -0.2) is 40.0 Å². The smallest absolute Gasteiger partial charge is 0.0700 e. The van der Waals surface area contributed by atoms with Gasteiger partial charge in [-0.1, -0.05) is 64.7 Å². The molecule has 0 aliphatic carbocycles. The van der Waals surface area contributed by atoms with Crippen LogP contribution in [0.4, 0.5) is 0 Å². The average molecular weight is 287 g/mol. The van der Waals surface area contributed by atoms with Crippen molar-refractivity contribution >= 4 is 0 Å². The lowest BCUT2D eigenvalue weighted by molar-refractivity contribution is 0.0720. The second-order valence-corrected chi connectivity index (χ2v) is 5.54. The number of methoxy groups -OCH3 is 1. The van der Waals surface area contributed by atoms with Gasteiger partial charge in [0.05, 0.1) is 19.8 Å². The van der Waals surface area contributed by atoms with Crippen molar-refractivity contribution in [2.45, 2.75) is 71.1 Å². The monoisotopic (exact) mass is 287 g/mol. The topological polar surface area (TPSA) is 30.5 Å². The maximum absolute atomic E-state index is 5.39. The summed E-state index contributed by atoms with van der Waals surface area (Å²) < 4.78 is 10.3. The van der Waals surface area contributed by atoms with Gasteiger partial charge in [-0.3, -0.25) is 0 Å². The van der Waals surface area contributed by atoms with Crippen LogP contribution in [0.3, 0.4) is 0 Å². The Morgan fingerprint density at radius 1 is 0.650 bits per heavy atom. The van der Waals surface area contributed by atoms with E-state index in [9.17, 15) is 0 Å². The van der Waals surface area contributed by atoms with Crippen molar-refractivity contribution in [2.24, 2.45) is 0 Å². The zero-order valence-electron chi connectivity index (χ0n) is 13.9. The molecule has 0 unspecified atom stereocenters. The number of rotatable bonds is 17.